The second kappa shape index (κ2) is 6.03. The van der Waals surface area contributed by atoms with Crippen LogP contribution in [0.5, 0.6) is 0 Å². The number of carbonyl (C=O) groups excluding carboxylic acids is 1. The summed E-state index contributed by atoms with van der Waals surface area (Å²) < 4.78 is 6.12. The van der Waals surface area contributed by atoms with E-state index in [1.165, 1.54) is 0 Å². The Bertz CT molecular complexity index is 552. The van der Waals surface area contributed by atoms with Crippen LogP contribution in [0.25, 0.3) is 0 Å². The summed E-state index contributed by atoms with van der Waals surface area (Å²) in [4.78, 5) is 11.8. The van der Waals surface area contributed by atoms with Crippen LogP contribution in [0, 0.1) is 0 Å². The molecular formula is C14H10BrClO2. The lowest BCUT2D eigenvalue weighted by molar-refractivity contribution is 0.0473. The molecule has 2 nitrogen and oxygen atoms in total. The van der Waals surface area contributed by atoms with Crippen molar-refractivity contribution in [3.63, 3.8) is 0 Å². The number of hydrogen-bond donors (Lipinski definition) is 0. The third-order valence-corrected chi connectivity index (χ3v) is 3.29. The van der Waals surface area contributed by atoms with E-state index in [0.717, 1.165) is 10.0 Å². The van der Waals surface area contributed by atoms with Crippen molar-refractivity contribution in [3.05, 3.63) is 69.2 Å². The van der Waals surface area contributed by atoms with Gasteiger partial charge in [0.25, 0.3) is 0 Å². The van der Waals surface area contributed by atoms with Crippen LogP contribution in [0.2, 0.25) is 5.02 Å². The van der Waals surface area contributed by atoms with Crippen molar-refractivity contribution in [2.24, 2.45) is 0 Å². The first-order valence-corrected chi connectivity index (χ1v) is 6.50. The molecule has 0 unspecified atom stereocenters. The Morgan fingerprint density at radius 3 is 2.44 bits per heavy atom. The van der Waals surface area contributed by atoms with Crippen LogP contribution >= 0.6 is 27.5 Å². The van der Waals surface area contributed by atoms with E-state index in [1.54, 1.807) is 30.3 Å². The van der Waals surface area contributed by atoms with Crippen LogP contribution < -0.4 is 0 Å². The number of benzene rings is 2. The van der Waals surface area contributed by atoms with E-state index < -0.39 is 0 Å². The molecule has 0 bridgehead atoms. The van der Waals surface area contributed by atoms with Crippen molar-refractivity contribution in [1.29, 1.82) is 0 Å². The summed E-state index contributed by atoms with van der Waals surface area (Å²) in [6, 6.07) is 14.3. The highest BCUT2D eigenvalue weighted by molar-refractivity contribution is 9.10. The number of ether oxygens (including phenoxy) is 1. The van der Waals surface area contributed by atoms with Gasteiger partial charge in [-0.05, 0) is 30.3 Å². The Morgan fingerprint density at radius 1 is 1.11 bits per heavy atom. The summed E-state index contributed by atoms with van der Waals surface area (Å²) in [7, 11) is 0. The van der Waals surface area contributed by atoms with Gasteiger partial charge in [0.2, 0.25) is 0 Å². The number of esters is 1. The minimum atomic E-state index is -0.359. The molecule has 4 heteroatoms. The Hall–Kier alpha value is -1.32. The van der Waals surface area contributed by atoms with Gasteiger partial charge in [0.15, 0.2) is 0 Å². The lowest BCUT2D eigenvalue weighted by atomic mass is 10.2. The van der Waals surface area contributed by atoms with Gasteiger partial charge >= 0.3 is 5.97 Å². The van der Waals surface area contributed by atoms with Crippen molar-refractivity contribution in [3.8, 4) is 0 Å². The average molecular weight is 326 g/mol. The summed E-state index contributed by atoms with van der Waals surface area (Å²) in [5.41, 5.74) is 1.31. The van der Waals surface area contributed by atoms with Gasteiger partial charge in [-0.25, -0.2) is 4.79 Å². The fraction of sp³-hybridized carbons (Fsp3) is 0.0714. The third kappa shape index (κ3) is 3.34. The largest absolute Gasteiger partial charge is 0.457 e. The first kappa shape index (κ1) is 13.1. The van der Waals surface area contributed by atoms with Gasteiger partial charge in [-0.3, -0.25) is 0 Å². The zero-order chi connectivity index (χ0) is 13.0. The van der Waals surface area contributed by atoms with E-state index in [9.17, 15) is 4.79 Å². The van der Waals surface area contributed by atoms with E-state index in [2.05, 4.69) is 15.9 Å². The molecule has 0 N–H and O–H groups in total. The molecule has 0 saturated heterocycles. The molecule has 0 fully saturated rings. The maximum Gasteiger partial charge on any atom is 0.338 e. The van der Waals surface area contributed by atoms with E-state index in [4.69, 9.17) is 16.3 Å². The molecule has 0 amide bonds. The molecule has 18 heavy (non-hydrogen) atoms. The second-order valence-corrected chi connectivity index (χ2v) is 5.00. The molecule has 0 aliphatic heterocycles. The first-order chi connectivity index (χ1) is 8.66. The minimum Gasteiger partial charge on any atom is -0.457 e. The van der Waals surface area contributed by atoms with Crippen LogP contribution in [-0.2, 0) is 11.3 Å². The van der Waals surface area contributed by atoms with E-state index in [1.807, 2.05) is 18.2 Å². The van der Waals surface area contributed by atoms with Crippen molar-refractivity contribution in [2.45, 2.75) is 6.61 Å². The summed E-state index contributed by atoms with van der Waals surface area (Å²) in [6.07, 6.45) is 0. The Morgan fingerprint density at radius 2 is 1.78 bits per heavy atom. The maximum absolute atomic E-state index is 11.8. The smallest absolute Gasteiger partial charge is 0.338 e. The first-order valence-electron chi connectivity index (χ1n) is 5.33. The van der Waals surface area contributed by atoms with Crippen LogP contribution in [0.3, 0.4) is 0 Å². The topological polar surface area (TPSA) is 26.3 Å². The van der Waals surface area contributed by atoms with Gasteiger partial charge in [0, 0.05) is 15.1 Å². The van der Waals surface area contributed by atoms with E-state index in [0.29, 0.717) is 10.6 Å². The summed E-state index contributed by atoms with van der Waals surface area (Å²) in [5, 5.41) is 0.598. The predicted octanol–water partition coefficient (Wildman–Crippen LogP) is 4.46. The molecule has 0 saturated carbocycles. The molecule has 0 spiro atoms. The monoisotopic (exact) mass is 324 g/mol. The second-order valence-electron chi connectivity index (χ2n) is 3.67. The summed E-state index contributed by atoms with van der Waals surface area (Å²) in [6.45, 7) is 0.175. The molecule has 92 valence electrons. The number of halogens is 2. The van der Waals surface area contributed by atoms with Gasteiger partial charge in [-0.2, -0.15) is 0 Å². The average Bonchev–Trinajstić information content (AvgIpc) is 2.38. The fourth-order valence-corrected chi connectivity index (χ4v) is 1.88. The molecule has 2 aromatic carbocycles. The van der Waals surface area contributed by atoms with Crippen LogP contribution in [0.4, 0.5) is 0 Å². The summed E-state index contributed by atoms with van der Waals surface area (Å²) in [5.74, 6) is -0.359. The predicted molar refractivity (Wildman–Crippen MR) is 74.7 cm³/mol. The summed E-state index contributed by atoms with van der Waals surface area (Å²) >= 11 is 9.29. The molecule has 0 radical (unpaired) electrons. The van der Waals surface area contributed by atoms with Crippen molar-refractivity contribution in [2.75, 3.05) is 0 Å². The highest BCUT2D eigenvalue weighted by atomic mass is 79.9. The fourth-order valence-electron chi connectivity index (χ4n) is 1.43. The normalized spacial score (nSPS) is 10.1. The van der Waals surface area contributed by atoms with Gasteiger partial charge < -0.3 is 4.74 Å². The lowest BCUT2D eigenvalue weighted by Crippen LogP contribution is -2.05. The third-order valence-electron chi connectivity index (χ3n) is 2.40. The molecular weight excluding hydrogens is 316 g/mol. The molecule has 0 atom stereocenters. The Balaban J connectivity index is 2.01. The highest BCUT2D eigenvalue weighted by Crippen LogP contribution is 2.17. The highest BCUT2D eigenvalue weighted by Gasteiger charge is 2.08. The molecule has 0 aliphatic rings. The van der Waals surface area contributed by atoms with Crippen molar-refractivity contribution >= 4 is 33.5 Å². The van der Waals surface area contributed by atoms with Crippen LogP contribution in [-0.4, -0.2) is 5.97 Å². The number of rotatable bonds is 3. The molecule has 0 heterocycles. The van der Waals surface area contributed by atoms with Crippen LogP contribution in [0.1, 0.15) is 15.9 Å². The minimum absolute atomic E-state index is 0.175. The van der Waals surface area contributed by atoms with Crippen LogP contribution in [0.15, 0.2) is 53.0 Å². The number of carbonyl (C=O) groups is 1. The molecule has 0 aliphatic carbocycles. The van der Waals surface area contributed by atoms with Gasteiger partial charge in [-0.15, -0.1) is 0 Å². The van der Waals surface area contributed by atoms with E-state index in [-0.39, 0.29) is 12.6 Å². The quantitative estimate of drug-likeness (QED) is 0.779. The maximum atomic E-state index is 11.8. The van der Waals surface area contributed by atoms with Gasteiger partial charge in [-0.1, -0.05) is 45.7 Å². The lowest BCUT2D eigenvalue weighted by Gasteiger charge is -2.06. The SMILES string of the molecule is O=C(OCc1ccccc1Cl)c1ccc(Br)cc1. The Kier molecular flexibility index (Phi) is 4.39. The van der Waals surface area contributed by atoms with Gasteiger partial charge in [0.05, 0.1) is 5.56 Å². The standard InChI is InChI=1S/C14H10BrClO2/c15-12-7-5-10(6-8-12)14(17)18-9-11-3-1-2-4-13(11)16/h1-8H,9H2. The van der Waals surface area contributed by atoms with Gasteiger partial charge in [0.1, 0.15) is 6.61 Å². The molecule has 2 aromatic rings. The molecule has 0 aromatic heterocycles. The van der Waals surface area contributed by atoms with E-state index >= 15 is 0 Å². The van der Waals surface area contributed by atoms with Crippen molar-refractivity contribution in [1.82, 2.24) is 0 Å². The Labute approximate surface area is 119 Å². The number of hydrogen-bond acceptors (Lipinski definition) is 2. The molecule has 2 rings (SSSR count). The zero-order valence-electron chi connectivity index (χ0n) is 9.40. The van der Waals surface area contributed by atoms with Crippen molar-refractivity contribution < 1.29 is 9.53 Å². The zero-order valence-corrected chi connectivity index (χ0v) is 11.7.